The van der Waals surface area contributed by atoms with Crippen molar-refractivity contribution in [2.75, 3.05) is 6.61 Å². The average molecular weight is 330 g/mol. The van der Waals surface area contributed by atoms with E-state index < -0.39 is 17.8 Å². The summed E-state index contributed by atoms with van der Waals surface area (Å²) in [5, 5.41) is 11.5. The highest BCUT2D eigenvalue weighted by atomic mass is 35.5. The standard InChI is InChI=1S/C15H17ClFNO4/c16-11-4-3-9(6-12(11)17)13(8-15(20)21)18-14(19)7-10-2-1-5-22-10/h3-4,6,10,13H,1-2,5,7-8H2,(H,18,19)(H,20,21). The molecule has 1 fully saturated rings. The summed E-state index contributed by atoms with van der Waals surface area (Å²) in [7, 11) is 0. The Morgan fingerprint density at radius 3 is 2.86 bits per heavy atom. The minimum absolute atomic E-state index is 0.0523. The predicted molar refractivity (Wildman–Crippen MR) is 78.1 cm³/mol. The number of aliphatic carboxylic acids is 1. The van der Waals surface area contributed by atoms with Crippen molar-refractivity contribution in [1.29, 1.82) is 0 Å². The van der Waals surface area contributed by atoms with Crippen molar-refractivity contribution in [3.63, 3.8) is 0 Å². The Morgan fingerprint density at radius 2 is 2.27 bits per heavy atom. The molecule has 7 heteroatoms. The number of hydrogen-bond acceptors (Lipinski definition) is 3. The van der Waals surface area contributed by atoms with Gasteiger partial charge < -0.3 is 15.2 Å². The first-order chi connectivity index (χ1) is 10.5. The van der Waals surface area contributed by atoms with E-state index in [0.717, 1.165) is 18.9 Å². The van der Waals surface area contributed by atoms with E-state index in [1.807, 2.05) is 0 Å². The number of carboxylic acids is 1. The molecule has 22 heavy (non-hydrogen) atoms. The lowest BCUT2D eigenvalue weighted by Crippen LogP contribution is -2.32. The normalized spacial score (nSPS) is 18.9. The number of hydrogen-bond donors (Lipinski definition) is 2. The number of carbonyl (C=O) groups is 2. The zero-order valence-electron chi connectivity index (χ0n) is 11.9. The van der Waals surface area contributed by atoms with Gasteiger partial charge in [-0.2, -0.15) is 0 Å². The van der Waals surface area contributed by atoms with Gasteiger partial charge in [-0.3, -0.25) is 9.59 Å². The highest BCUT2D eigenvalue weighted by Gasteiger charge is 2.23. The van der Waals surface area contributed by atoms with Crippen LogP contribution in [0.25, 0.3) is 0 Å². The molecule has 2 atom stereocenters. The van der Waals surface area contributed by atoms with Gasteiger partial charge in [0, 0.05) is 6.61 Å². The van der Waals surface area contributed by atoms with Crippen molar-refractivity contribution >= 4 is 23.5 Å². The molecule has 1 heterocycles. The van der Waals surface area contributed by atoms with Gasteiger partial charge in [-0.05, 0) is 30.5 Å². The van der Waals surface area contributed by atoms with Crippen LogP contribution in [0.1, 0.15) is 37.3 Å². The molecular formula is C15H17ClFNO4. The smallest absolute Gasteiger partial charge is 0.305 e. The Balaban J connectivity index is 2.06. The summed E-state index contributed by atoms with van der Waals surface area (Å²) in [4.78, 5) is 23.0. The van der Waals surface area contributed by atoms with Gasteiger partial charge in [-0.1, -0.05) is 17.7 Å². The van der Waals surface area contributed by atoms with Gasteiger partial charge in [0.15, 0.2) is 0 Å². The van der Waals surface area contributed by atoms with E-state index >= 15 is 0 Å². The fourth-order valence-electron chi connectivity index (χ4n) is 2.42. The molecule has 0 bridgehead atoms. The molecule has 1 aromatic rings. The van der Waals surface area contributed by atoms with Crippen LogP contribution in [0, 0.1) is 5.82 Å². The van der Waals surface area contributed by atoms with Crippen molar-refractivity contribution in [2.24, 2.45) is 0 Å². The second-order valence-electron chi connectivity index (χ2n) is 5.23. The van der Waals surface area contributed by atoms with E-state index in [0.29, 0.717) is 12.2 Å². The first-order valence-electron chi connectivity index (χ1n) is 7.03. The molecular weight excluding hydrogens is 313 g/mol. The van der Waals surface area contributed by atoms with Crippen LogP contribution in [0.5, 0.6) is 0 Å². The van der Waals surface area contributed by atoms with Gasteiger partial charge in [0.1, 0.15) is 5.82 Å². The van der Waals surface area contributed by atoms with Gasteiger partial charge in [0.2, 0.25) is 5.91 Å². The molecule has 1 aromatic carbocycles. The summed E-state index contributed by atoms with van der Waals surface area (Å²) < 4.78 is 18.9. The van der Waals surface area contributed by atoms with Crippen LogP contribution in [0.3, 0.4) is 0 Å². The minimum Gasteiger partial charge on any atom is -0.481 e. The largest absolute Gasteiger partial charge is 0.481 e. The van der Waals surface area contributed by atoms with Crippen LogP contribution in [0.15, 0.2) is 18.2 Å². The van der Waals surface area contributed by atoms with E-state index in [9.17, 15) is 14.0 Å². The van der Waals surface area contributed by atoms with Crippen molar-refractivity contribution in [3.8, 4) is 0 Å². The van der Waals surface area contributed by atoms with E-state index in [4.69, 9.17) is 21.4 Å². The lowest BCUT2D eigenvalue weighted by molar-refractivity contribution is -0.137. The third-order valence-electron chi connectivity index (χ3n) is 3.50. The Labute approximate surface area is 132 Å². The summed E-state index contributed by atoms with van der Waals surface area (Å²) in [5.41, 5.74) is 0.366. The fourth-order valence-corrected chi connectivity index (χ4v) is 2.54. The molecule has 2 rings (SSSR count). The molecule has 0 radical (unpaired) electrons. The van der Waals surface area contributed by atoms with E-state index in [1.165, 1.54) is 12.1 Å². The third kappa shape index (κ3) is 4.68. The van der Waals surface area contributed by atoms with Crippen molar-refractivity contribution in [2.45, 2.75) is 37.8 Å². The third-order valence-corrected chi connectivity index (χ3v) is 3.80. The summed E-state index contributed by atoms with van der Waals surface area (Å²) in [5.74, 6) is -2.05. The number of carboxylic acid groups (broad SMARTS) is 1. The SMILES string of the molecule is O=C(O)CC(NC(=O)CC1CCCO1)c1ccc(Cl)c(F)c1. The second kappa shape index (κ2) is 7.56. The first-order valence-corrected chi connectivity index (χ1v) is 7.41. The van der Waals surface area contributed by atoms with Crippen LogP contribution in [-0.4, -0.2) is 29.7 Å². The number of carbonyl (C=O) groups excluding carboxylic acids is 1. The molecule has 0 aromatic heterocycles. The van der Waals surface area contributed by atoms with Crippen LogP contribution in [0.2, 0.25) is 5.02 Å². The molecule has 1 amide bonds. The van der Waals surface area contributed by atoms with Gasteiger partial charge in [-0.25, -0.2) is 4.39 Å². The Kier molecular flexibility index (Phi) is 5.74. The van der Waals surface area contributed by atoms with Crippen molar-refractivity contribution in [1.82, 2.24) is 5.32 Å². The highest BCUT2D eigenvalue weighted by molar-refractivity contribution is 6.30. The van der Waals surface area contributed by atoms with Gasteiger partial charge in [0.05, 0.1) is 30.0 Å². The highest BCUT2D eigenvalue weighted by Crippen LogP contribution is 2.23. The molecule has 5 nitrogen and oxygen atoms in total. The van der Waals surface area contributed by atoms with Crippen LogP contribution in [-0.2, 0) is 14.3 Å². The maximum Gasteiger partial charge on any atom is 0.305 e. The molecule has 0 aliphatic carbocycles. The van der Waals surface area contributed by atoms with Gasteiger partial charge >= 0.3 is 5.97 Å². The summed E-state index contributed by atoms with van der Waals surface area (Å²) in [6.45, 7) is 0.638. The van der Waals surface area contributed by atoms with Crippen molar-refractivity contribution < 1.29 is 23.8 Å². The molecule has 0 saturated carbocycles. The molecule has 2 N–H and O–H groups in total. The average Bonchev–Trinajstić information content (AvgIpc) is 2.93. The number of amides is 1. The number of benzene rings is 1. The van der Waals surface area contributed by atoms with Crippen molar-refractivity contribution in [3.05, 3.63) is 34.6 Å². The second-order valence-corrected chi connectivity index (χ2v) is 5.64. The Hall–Kier alpha value is -1.66. The van der Waals surface area contributed by atoms with E-state index in [1.54, 1.807) is 0 Å². The fraction of sp³-hybridized carbons (Fsp3) is 0.467. The number of rotatable bonds is 6. The molecule has 1 aliphatic rings. The van der Waals surface area contributed by atoms with Gasteiger partial charge in [-0.15, -0.1) is 0 Å². The zero-order valence-corrected chi connectivity index (χ0v) is 12.6. The van der Waals surface area contributed by atoms with Crippen LogP contribution < -0.4 is 5.32 Å². The predicted octanol–water partition coefficient (Wildman–Crippen LogP) is 2.68. The molecule has 120 valence electrons. The molecule has 1 saturated heterocycles. The maximum atomic E-state index is 13.5. The topological polar surface area (TPSA) is 75.6 Å². The lowest BCUT2D eigenvalue weighted by Gasteiger charge is -2.19. The number of nitrogens with one attached hydrogen (secondary N) is 1. The van der Waals surface area contributed by atoms with Crippen LogP contribution in [0.4, 0.5) is 4.39 Å². The molecule has 2 unspecified atom stereocenters. The van der Waals surface area contributed by atoms with E-state index in [2.05, 4.69) is 5.32 Å². The number of ether oxygens (including phenoxy) is 1. The quantitative estimate of drug-likeness (QED) is 0.841. The van der Waals surface area contributed by atoms with Crippen LogP contribution >= 0.6 is 11.6 Å². The first kappa shape index (κ1) is 16.7. The summed E-state index contributed by atoms with van der Waals surface area (Å²) >= 11 is 5.61. The Bertz CT molecular complexity index is 560. The summed E-state index contributed by atoms with van der Waals surface area (Å²) in [6.07, 6.45) is 1.43. The van der Waals surface area contributed by atoms with Gasteiger partial charge in [0.25, 0.3) is 0 Å². The molecule has 1 aliphatic heterocycles. The molecule has 0 spiro atoms. The Morgan fingerprint density at radius 1 is 1.50 bits per heavy atom. The minimum atomic E-state index is -1.09. The maximum absolute atomic E-state index is 13.5. The zero-order chi connectivity index (χ0) is 16.1. The van der Waals surface area contributed by atoms with E-state index in [-0.39, 0.29) is 29.9 Å². The summed E-state index contributed by atoms with van der Waals surface area (Å²) in [6, 6.07) is 3.18. The lowest BCUT2D eigenvalue weighted by atomic mass is 10.0. The monoisotopic (exact) mass is 329 g/mol. The number of halogens is 2.